The molecule has 0 amide bonds. The Balaban J connectivity index is 2.24. The fourth-order valence-electron chi connectivity index (χ4n) is 1.58. The average molecular weight is 333 g/mol. The van der Waals surface area contributed by atoms with Gasteiger partial charge in [-0.05, 0) is 25.1 Å². The van der Waals surface area contributed by atoms with Crippen molar-refractivity contribution in [3.05, 3.63) is 39.3 Å². The van der Waals surface area contributed by atoms with E-state index in [2.05, 4.69) is 9.71 Å². The maximum Gasteiger partial charge on any atom is 0.244 e. The van der Waals surface area contributed by atoms with Gasteiger partial charge in [0.25, 0.3) is 0 Å². The van der Waals surface area contributed by atoms with E-state index < -0.39 is 10.0 Å². The monoisotopic (exact) mass is 332 g/mol. The third-order valence-corrected chi connectivity index (χ3v) is 5.12. The number of rotatable bonds is 5. The van der Waals surface area contributed by atoms with Crippen molar-refractivity contribution in [2.24, 2.45) is 0 Å². The number of nitrogens with zero attached hydrogens (tertiary/aromatic N) is 1. The van der Waals surface area contributed by atoms with Gasteiger partial charge in [0.1, 0.15) is 15.7 Å². The molecule has 5 nitrogen and oxygen atoms in total. The number of hydrogen-bond acceptors (Lipinski definition) is 5. The lowest BCUT2D eigenvalue weighted by atomic mass is 10.3. The van der Waals surface area contributed by atoms with E-state index in [0.29, 0.717) is 10.0 Å². The number of sulfonamides is 1. The van der Waals surface area contributed by atoms with Crippen LogP contribution in [0.15, 0.2) is 28.5 Å². The van der Waals surface area contributed by atoms with Gasteiger partial charge in [-0.25, -0.2) is 18.1 Å². The minimum absolute atomic E-state index is 0.0146. The number of thiazole rings is 1. The number of ether oxygens (including phenoxy) is 1. The number of hydrogen-bond donors (Lipinski definition) is 1. The molecule has 0 atom stereocenters. The molecule has 0 unspecified atom stereocenters. The van der Waals surface area contributed by atoms with Gasteiger partial charge in [0.05, 0.1) is 13.7 Å². The molecule has 20 heavy (non-hydrogen) atoms. The van der Waals surface area contributed by atoms with E-state index >= 15 is 0 Å². The standard InChI is InChI=1S/C12H13ClN2O3S2/c1-8-7-19-12(15-8)6-14-20(16,17)11-5-9(13)3-4-10(11)18-2/h3-5,7,14H,6H2,1-2H3. The van der Waals surface area contributed by atoms with Crippen LogP contribution in [0, 0.1) is 6.92 Å². The lowest BCUT2D eigenvalue weighted by Gasteiger charge is -2.10. The van der Waals surface area contributed by atoms with Crippen LogP contribution >= 0.6 is 22.9 Å². The first-order valence-corrected chi connectivity index (χ1v) is 8.40. The molecule has 0 aliphatic heterocycles. The van der Waals surface area contributed by atoms with Gasteiger partial charge in [-0.1, -0.05) is 11.6 Å². The second-order valence-corrected chi connectivity index (χ2v) is 7.12. The third-order valence-electron chi connectivity index (χ3n) is 2.50. The highest BCUT2D eigenvalue weighted by atomic mass is 35.5. The zero-order chi connectivity index (χ0) is 14.8. The fraction of sp³-hybridized carbons (Fsp3) is 0.250. The molecule has 8 heteroatoms. The first-order valence-electron chi connectivity index (χ1n) is 5.66. The first-order chi connectivity index (χ1) is 9.42. The Hall–Kier alpha value is -1.15. The molecule has 1 heterocycles. The van der Waals surface area contributed by atoms with E-state index in [4.69, 9.17) is 16.3 Å². The van der Waals surface area contributed by atoms with Crippen LogP contribution < -0.4 is 9.46 Å². The molecule has 0 fully saturated rings. The van der Waals surface area contributed by atoms with Gasteiger partial charge in [-0.3, -0.25) is 0 Å². The van der Waals surface area contributed by atoms with Crippen LogP contribution in [0.25, 0.3) is 0 Å². The highest BCUT2D eigenvalue weighted by Gasteiger charge is 2.20. The second kappa shape index (κ2) is 6.09. The molecule has 2 aromatic rings. The molecule has 0 saturated heterocycles. The predicted molar refractivity (Wildman–Crippen MR) is 78.9 cm³/mol. The number of aryl methyl sites for hydroxylation is 1. The Morgan fingerprint density at radius 3 is 2.80 bits per heavy atom. The number of aromatic nitrogens is 1. The molecule has 0 spiro atoms. The summed E-state index contributed by atoms with van der Waals surface area (Å²) in [6.07, 6.45) is 0. The molecule has 1 aromatic heterocycles. The molecule has 2 rings (SSSR count). The van der Waals surface area contributed by atoms with Crippen molar-refractivity contribution in [2.75, 3.05) is 7.11 Å². The topological polar surface area (TPSA) is 68.3 Å². The largest absolute Gasteiger partial charge is 0.495 e. The molecule has 0 bridgehead atoms. The number of halogens is 1. The highest BCUT2D eigenvalue weighted by molar-refractivity contribution is 7.89. The van der Waals surface area contributed by atoms with E-state index in [1.54, 1.807) is 6.07 Å². The number of benzene rings is 1. The lowest BCUT2D eigenvalue weighted by Crippen LogP contribution is -2.23. The summed E-state index contributed by atoms with van der Waals surface area (Å²) in [5.74, 6) is 0.247. The third kappa shape index (κ3) is 3.49. The summed E-state index contributed by atoms with van der Waals surface area (Å²) in [5.41, 5.74) is 0.865. The van der Waals surface area contributed by atoms with Gasteiger partial charge in [-0.15, -0.1) is 11.3 Å². The van der Waals surface area contributed by atoms with Crippen molar-refractivity contribution in [3.63, 3.8) is 0 Å². The van der Waals surface area contributed by atoms with Gasteiger partial charge in [0, 0.05) is 16.1 Å². The Bertz CT molecular complexity index is 713. The van der Waals surface area contributed by atoms with Crippen LogP contribution in [0.2, 0.25) is 5.02 Å². The number of methoxy groups -OCH3 is 1. The van der Waals surface area contributed by atoms with E-state index in [-0.39, 0.29) is 17.2 Å². The maximum absolute atomic E-state index is 12.3. The van der Waals surface area contributed by atoms with Gasteiger partial charge >= 0.3 is 0 Å². The SMILES string of the molecule is COc1ccc(Cl)cc1S(=O)(=O)NCc1nc(C)cs1. The van der Waals surface area contributed by atoms with Crippen LogP contribution in [0.1, 0.15) is 10.7 Å². The van der Waals surface area contributed by atoms with Gasteiger partial charge in [-0.2, -0.15) is 0 Å². The average Bonchev–Trinajstić information content (AvgIpc) is 2.82. The summed E-state index contributed by atoms with van der Waals surface area (Å²) in [4.78, 5) is 4.22. The Morgan fingerprint density at radius 1 is 1.45 bits per heavy atom. The predicted octanol–water partition coefficient (Wildman–Crippen LogP) is 2.59. The first kappa shape index (κ1) is 15.2. The van der Waals surface area contributed by atoms with Gasteiger partial charge < -0.3 is 4.74 Å². The van der Waals surface area contributed by atoms with E-state index in [0.717, 1.165) is 5.69 Å². The summed E-state index contributed by atoms with van der Waals surface area (Å²) in [5, 5.41) is 2.90. The lowest BCUT2D eigenvalue weighted by molar-refractivity contribution is 0.402. The molecule has 0 aliphatic carbocycles. The van der Waals surface area contributed by atoms with E-state index in [1.807, 2.05) is 12.3 Å². The Labute approximate surface area is 126 Å². The van der Waals surface area contributed by atoms with Crippen molar-refractivity contribution >= 4 is 33.0 Å². The van der Waals surface area contributed by atoms with Crippen molar-refractivity contribution in [2.45, 2.75) is 18.4 Å². The normalized spacial score (nSPS) is 11.6. The minimum atomic E-state index is -3.71. The van der Waals surface area contributed by atoms with Crippen LogP contribution in [-0.2, 0) is 16.6 Å². The summed E-state index contributed by atoms with van der Waals surface area (Å²) in [7, 11) is -2.30. The van der Waals surface area contributed by atoms with Crippen molar-refractivity contribution in [1.29, 1.82) is 0 Å². The van der Waals surface area contributed by atoms with Crippen LogP contribution in [-0.4, -0.2) is 20.5 Å². The van der Waals surface area contributed by atoms with Crippen molar-refractivity contribution in [3.8, 4) is 5.75 Å². The summed E-state index contributed by atoms with van der Waals surface area (Å²) in [6, 6.07) is 4.45. The summed E-state index contributed by atoms with van der Waals surface area (Å²) in [6.45, 7) is 1.99. The Morgan fingerprint density at radius 2 is 2.20 bits per heavy atom. The smallest absolute Gasteiger partial charge is 0.244 e. The molecule has 1 N–H and O–H groups in total. The molecule has 1 aromatic carbocycles. The van der Waals surface area contributed by atoms with Crippen molar-refractivity contribution < 1.29 is 13.2 Å². The zero-order valence-electron chi connectivity index (χ0n) is 10.9. The molecule has 0 radical (unpaired) electrons. The van der Waals surface area contributed by atoms with Crippen LogP contribution in [0.5, 0.6) is 5.75 Å². The van der Waals surface area contributed by atoms with E-state index in [9.17, 15) is 8.42 Å². The minimum Gasteiger partial charge on any atom is -0.495 e. The second-order valence-electron chi connectivity index (χ2n) is 4.00. The van der Waals surface area contributed by atoms with Gasteiger partial charge in [0.2, 0.25) is 10.0 Å². The molecule has 0 aliphatic rings. The summed E-state index contributed by atoms with van der Waals surface area (Å²) < 4.78 is 32.1. The molecule has 0 saturated carbocycles. The zero-order valence-corrected chi connectivity index (χ0v) is 13.3. The molecular formula is C12H13ClN2O3S2. The molecular weight excluding hydrogens is 320 g/mol. The van der Waals surface area contributed by atoms with Crippen LogP contribution in [0.3, 0.4) is 0 Å². The Kier molecular flexibility index (Phi) is 4.64. The number of nitrogens with one attached hydrogen (secondary N) is 1. The maximum atomic E-state index is 12.3. The van der Waals surface area contributed by atoms with E-state index in [1.165, 1.54) is 30.6 Å². The fourth-order valence-corrected chi connectivity index (χ4v) is 3.80. The van der Waals surface area contributed by atoms with Gasteiger partial charge in [0.15, 0.2) is 0 Å². The highest BCUT2D eigenvalue weighted by Crippen LogP contribution is 2.27. The van der Waals surface area contributed by atoms with Crippen LogP contribution in [0.4, 0.5) is 0 Å². The van der Waals surface area contributed by atoms with Crippen molar-refractivity contribution in [1.82, 2.24) is 9.71 Å². The molecule has 108 valence electrons. The summed E-state index contributed by atoms with van der Waals surface area (Å²) >= 11 is 7.25. The quantitative estimate of drug-likeness (QED) is 0.913.